The third-order valence-electron chi connectivity index (χ3n) is 4.91. The molecule has 0 bridgehead atoms. The minimum absolute atomic E-state index is 0.00179. The SMILES string of the molecule is CC(C)(C)c1ccnc(C(C)(C)Cc2cnc(C(C)(C)C)nc2C(C)(C)C)n1. The van der Waals surface area contributed by atoms with E-state index in [1.54, 1.807) is 0 Å². The molecule has 154 valence electrons. The second-order valence-electron chi connectivity index (χ2n) is 11.6. The fraction of sp³-hybridized carbons (Fsp3) is 0.667. The molecule has 0 unspecified atom stereocenters. The molecule has 2 aromatic rings. The van der Waals surface area contributed by atoms with Gasteiger partial charge in [-0.1, -0.05) is 76.2 Å². The number of hydrogen-bond donors (Lipinski definition) is 0. The van der Waals surface area contributed by atoms with Crippen LogP contribution in [0.5, 0.6) is 0 Å². The summed E-state index contributed by atoms with van der Waals surface area (Å²) in [5, 5.41) is 0. The zero-order chi connectivity index (χ0) is 21.5. The lowest BCUT2D eigenvalue weighted by Crippen LogP contribution is -2.29. The fourth-order valence-corrected chi connectivity index (χ4v) is 3.20. The monoisotopic (exact) mass is 382 g/mol. The van der Waals surface area contributed by atoms with Crippen molar-refractivity contribution in [2.45, 2.75) is 104 Å². The molecule has 0 saturated carbocycles. The van der Waals surface area contributed by atoms with Crippen LogP contribution in [0.15, 0.2) is 18.5 Å². The van der Waals surface area contributed by atoms with Gasteiger partial charge in [0.2, 0.25) is 0 Å². The van der Waals surface area contributed by atoms with E-state index in [0.29, 0.717) is 0 Å². The van der Waals surface area contributed by atoms with Crippen LogP contribution in [0.3, 0.4) is 0 Å². The standard InChI is InChI=1S/C24H38N4/c1-21(2,3)17-12-13-25-20(27-17)24(10,11)14-16-15-26-19(23(7,8)9)28-18(16)22(4,5)6/h12-13,15H,14H2,1-11H3. The van der Waals surface area contributed by atoms with Crippen LogP contribution in [0.4, 0.5) is 0 Å². The number of rotatable bonds is 3. The zero-order valence-electron chi connectivity index (χ0n) is 19.7. The molecule has 2 rings (SSSR count). The van der Waals surface area contributed by atoms with Crippen LogP contribution in [0, 0.1) is 0 Å². The Morgan fingerprint density at radius 1 is 0.679 bits per heavy atom. The maximum atomic E-state index is 5.00. The molecule has 0 aliphatic carbocycles. The number of hydrogen-bond acceptors (Lipinski definition) is 4. The first-order chi connectivity index (χ1) is 12.5. The van der Waals surface area contributed by atoms with Crippen LogP contribution in [-0.2, 0) is 28.1 Å². The molecule has 4 heteroatoms. The summed E-state index contributed by atoms with van der Waals surface area (Å²) in [6.45, 7) is 24.1. The van der Waals surface area contributed by atoms with E-state index in [2.05, 4.69) is 81.1 Å². The minimum atomic E-state index is -0.214. The van der Waals surface area contributed by atoms with Crippen molar-refractivity contribution in [2.24, 2.45) is 0 Å². The lowest BCUT2D eigenvalue weighted by atomic mass is 9.80. The largest absolute Gasteiger partial charge is 0.241 e. The highest BCUT2D eigenvalue weighted by molar-refractivity contribution is 5.29. The summed E-state index contributed by atoms with van der Waals surface area (Å²) in [6.07, 6.45) is 4.70. The molecular formula is C24H38N4. The van der Waals surface area contributed by atoms with E-state index in [1.165, 1.54) is 5.56 Å². The van der Waals surface area contributed by atoms with Gasteiger partial charge < -0.3 is 0 Å². The van der Waals surface area contributed by atoms with E-state index in [0.717, 1.165) is 29.5 Å². The van der Waals surface area contributed by atoms with E-state index >= 15 is 0 Å². The molecule has 0 aliphatic heterocycles. The summed E-state index contributed by atoms with van der Waals surface area (Å²) in [4.78, 5) is 19.2. The molecule has 0 aromatic carbocycles. The molecule has 0 fully saturated rings. The van der Waals surface area contributed by atoms with Crippen molar-refractivity contribution < 1.29 is 0 Å². The topological polar surface area (TPSA) is 51.6 Å². The van der Waals surface area contributed by atoms with Gasteiger partial charge in [-0.05, 0) is 18.1 Å². The van der Waals surface area contributed by atoms with Gasteiger partial charge in [0.15, 0.2) is 0 Å². The Bertz CT molecular complexity index is 831. The van der Waals surface area contributed by atoms with E-state index in [-0.39, 0.29) is 21.7 Å². The van der Waals surface area contributed by atoms with Crippen molar-refractivity contribution in [3.05, 3.63) is 47.1 Å². The lowest BCUT2D eigenvalue weighted by molar-refractivity contribution is 0.455. The molecule has 0 N–H and O–H groups in total. The third-order valence-corrected chi connectivity index (χ3v) is 4.91. The molecule has 0 aliphatic rings. The highest BCUT2D eigenvalue weighted by atomic mass is 14.9. The van der Waals surface area contributed by atoms with Gasteiger partial charge >= 0.3 is 0 Å². The van der Waals surface area contributed by atoms with Crippen LogP contribution in [0.1, 0.15) is 105 Å². The molecule has 0 atom stereocenters. The van der Waals surface area contributed by atoms with Crippen LogP contribution < -0.4 is 0 Å². The number of nitrogens with zero attached hydrogens (tertiary/aromatic N) is 4. The average Bonchev–Trinajstić information content (AvgIpc) is 2.52. The van der Waals surface area contributed by atoms with Gasteiger partial charge in [-0.3, -0.25) is 0 Å². The third kappa shape index (κ3) is 5.15. The average molecular weight is 383 g/mol. The van der Waals surface area contributed by atoms with E-state index in [1.807, 2.05) is 18.5 Å². The van der Waals surface area contributed by atoms with Gasteiger partial charge in [0, 0.05) is 39.7 Å². The molecule has 0 saturated heterocycles. The normalized spacial score (nSPS) is 13.7. The van der Waals surface area contributed by atoms with Crippen molar-refractivity contribution >= 4 is 0 Å². The molecule has 0 radical (unpaired) electrons. The van der Waals surface area contributed by atoms with E-state index in [9.17, 15) is 0 Å². The smallest absolute Gasteiger partial charge is 0.134 e. The zero-order valence-corrected chi connectivity index (χ0v) is 19.7. The van der Waals surface area contributed by atoms with Crippen molar-refractivity contribution in [2.75, 3.05) is 0 Å². The Labute approximate surface area is 171 Å². The van der Waals surface area contributed by atoms with Gasteiger partial charge in [-0.25, -0.2) is 19.9 Å². The second-order valence-corrected chi connectivity index (χ2v) is 11.6. The lowest BCUT2D eigenvalue weighted by Gasteiger charge is -2.30. The number of aromatic nitrogens is 4. The highest BCUT2D eigenvalue weighted by Gasteiger charge is 2.31. The van der Waals surface area contributed by atoms with E-state index < -0.39 is 0 Å². The first-order valence-corrected chi connectivity index (χ1v) is 10.2. The fourth-order valence-electron chi connectivity index (χ4n) is 3.20. The summed E-state index contributed by atoms with van der Waals surface area (Å²) >= 11 is 0. The van der Waals surface area contributed by atoms with Gasteiger partial charge in [0.05, 0.1) is 5.69 Å². The molecule has 0 amide bonds. The predicted molar refractivity (Wildman–Crippen MR) is 117 cm³/mol. The Morgan fingerprint density at radius 3 is 1.79 bits per heavy atom. The van der Waals surface area contributed by atoms with Crippen molar-refractivity contribution in [3.63, 3.8) is 0 Å². The van der Waals surface area contributed by atoms with Gasteiger partial charge in [-0.2, -0.15) is 0 Å². The van der Waals surface area contributed by atoms with Crippen molar-refractivity contribution in [1.82, 2.24) is 19.9 Å². The van der Waals surface area contributed by atoms with E-state index in [4.69, 9.17) is 15.0 Å². The molecule has 0 spiro atoms. The molecular weight excluding hydrogens is 344 g/mol. The van der Waals surface area contributed by atoms with Crippen molar-refractivity contribution in [1.29, 1.82) is 0 Å². The molecule has 28 heavy (non-hydrogen) atoms. The first-order valence-electron chi connectivity index (χ1n) is 10.2. The second kappa shape index (κ2) is 7.20. The molecule has 4 nitrogen and oxygen atoms in total. The van der Waals surface area contributed by atoms with Gasteiger partial charge in [-0.15, -0.1) is 0 Å². The Hall–Kier alpha value is -1.84. The molecule has 2 aromatic heterocycles. The van der Waals surface area contributed by atoms with Gasteiger partial charge in [0.25, 0.3) is 0 Å². The molecule has 2 heterocycles. The Kier molecular flexibility index (Phi) is 5.77. The quantitative estimate of drug-likeness (QED) is 0.685. The highest BCUT2D eigenvalue weighted by Crippen LogP contribution is 2.32. The predicted octanol–water partition coefficient (Wildman–Crippen LogP) is 5.68. The first kappa shape index (κ1) is 22.4. The Balaban J connectivity index is 2.49. The van der Waals surface area contributed by atoms with Crippen LogP contribution in [0.2, 0.25) is 0 Å². The summed E-state index contributed by atoms with van der Waals surface area (Å²) in [7, 11) is 0. The summed E-state index contributed by atoms with van der Waals surface area (Å²) in [5.41, 5.74) is 3.03. The summed E-state index contributed by atoms with van der Waals surface area (Å²) in [5.74, 6) is 1.77. The maximum Gasteiger partial charge on any atom is 0.134 e. The van der Waals surface area contributed by atoms with Crippen LogP contribution in [-0.4, -0.2) is 19.9 Å². The van der Waals surface area contributed by atoms with Crippen LogP contribution in [0.25, 0.3) is 0 Å². The van der Waals surface area contributed by atoms with Gasteiger partial charge in [0.1, 0.15) is 11.6 Å². The minimum Gasteiger partial charge on any atom is -0.241 e. The van der Waals surface area contributed by atoms with Crippen LogP contribution >= 0.6 is 0 Å². The summed E-state index contributed by atoms with van der Waals surface area (Å²) in [6, 6.07) is 2.02. The Morgan fingerprint density at radius 2 is 1.29 bits per heavy atom. The summed E-state index contributed by atoms with van der Waals surface area (Å²) < 4.78 is 0. The van der Waals surface area contributed by atoms with Crippen molar-refractivity contribution in [3.8, 4) is 0 Å². The maximum absolute atomic E-state index is 5.00.